The van der Waals surface area contributed by atoms with Crippen LogP contribution in [0.5, 0.6) is 0 Å². The molecule has 5 heteroatoms. The number of benzene rings is 2. The van der Waals surface area contributed by atoms with Gasteiger partial charge in [-0.3, -0.25) is 4.79 Å². The highest BCUT2D eigenvalue weighted by Gasteiger charge is 2.24. The van der Waals surface area contributed by atoms with Crippen LogP contribution >= 0.6 is 0 Å². The average molecular weight is 342 g/mol. The molecule has 0 saturated carbocycles. The Labute approximate surface area is 148 Å². The average Bonchev–Trinajstić information content (AvgIpc) is 2.50. The van der Waals surface area contributed by atoms with Gasteiger partial charge in [0.05, 0.1) is 6.42 Å². The van der Waals surface area contributed by atoms with Crippen molar-refractivity contribution in [2.45, 2.75) is 46.3 Å². The molecule has 0 heterocycles. The second-order valence-corrected chi connectivity index (χ2v) is 7.44. The van der Waals surface area contributed by atoms with Crippen molar-refractivity contribution in [1.82, 2.24) is 5.32 Å². The zero-order valence-electron chi connectivity index (χ0n) is 15.0. The molecule has 0 radical (unpaired) electrons. The number of fused-ring (bicyclic) bond motifs is 1. The van der Waals surface area contributed by atoms with Gasteiger partial charge in [0.1, 0.15) is 6.10 Å². The van der Waals surface area contributed by atoms with Crippen molar-refractivity contribution in [3.05, 3.63) is 48.0 Å². The van der Waals surface area contributed by atoms with E-state index in [0.717, 1.165) is 16.3 Å². The molecule has 1 atom stereocenters. The van der Waals surface area contributed by atoms with Gasteiger partial charge in [-0.2, -0.15) is 0 Å². The van der Waals surface area contributed by atoms with Gasteiger partial charge in [-0.1, -0.05) is 63.2 Å². The second-order valence-electron chi connectivity index (χ2n) is 7.44. The SMILES string of the molecule is CC(C)(C)C[C@@H](CC(=O)NCc1cccc2ccccc12)OC(N)=O. The van der Waals surface area contributed by atoms with Gasteiger partial charge in [0.25, 0.3) is 0 Å². The predicted octanol–water partition coefficient (Wildman–Crippen LogP) is 3.75. The summed E-state index contributed by atoms with van der Waals surface area (Å²) in [6.07, 6.45) is -0.705. The first-order valence-corrected chi connectivity index (χ1v) is 8.44. The molecule has 134 valence electrons. The number of carbonyl (C=O) groups excluding carboxylic acids is 2. The van der Waals surface area contributed by atoms with Crippen LogP contribution in [0.2, 0.25) is 0 Å². The predicted molar refractivity (Wildman–Crippen MR) is 98.9 cm³/mol. The summed E-state index contributed by atoms with van der Waals surface area (Å²) in [4.78, 5) is 23.4. The number of rotatable bonds is 6. The van der Waals surface area contributed by atoms with E-state index in [-0.39, 0.29) is 17.7 Å². The van der Waals surface area contributed by atoms with Crippen LogP contribution in [0.25, 0.3) is 10.8 Å². The van der Waals surface area contributed by atoms with E-state index < -0.39 is 12.2 Å². The number of ether oxygens (including phenoxy) is 1. The zero-order chi connectivity index (χ0) is 18.4. The van der Waals surface area contributed by atoms with Crippen LogP contribution < -0.4 is 11.1 Å². The topological polar surface area (TPSA) is 81.4 Å². The Bertz CT molecular complexity index is 745. The van der Waals surface area contributed by atoms with E-state index in [1.807, 2.05) is 63.2 Å². The molecule has 0 saturated heterocycles. The molecule has 5 nitrogen and oxygen atoms in total. The van der Waals surface area contributed by atoms with E-state index >= 15 is 0 Å². The Morgan fingerprint density at radius 3 is 2.48 bits per heavy atom. The van der Waals surface area contributed by atoms with Crippen molar-refractivity contribution in [1.29, 1.82) is 0 Å². The third kappa shape index (κ3) is 6.10. The Hall–Kier alpha value is -2.56. The fourth-order valence-corrected chi connectivity index (χ4v) is 2.92. The summed E-state index contributed by atoms with van der Waals surface area (Å²) >= 11 is 0. The summed E-state index contributed by atoms with van der Waals surface area (Å²) < 4.78 is 5.10. The molecule has 2 aromatic carbocycles. The van der Waals surface area contributed by atoms with Crippen LogP contribution in [-0.4, -0.2) is 18.1 Å². The minimum absolute atomic E-state index is 0.0734. The Balaban J connectivity index is 1.99. The summed E-state index contributed by atoms with van der Waals surface area (Å²) in [6, 6.07) is 14.1. The van der Waals surface area contributed by atoms with Crippen LogP contribution in [0.4, 0.5) is 4.79 Å². The molecular weight excluding hydrogens is 316 g/mol. The monoisotopic (exact) mass is 342 g/mol. The maximum absolute atomic E-state index is 12.3. The Morgan fingerprint density at radius 2 is 1.80 bits per heavy atom. The van der Waals surface area contributed by atoms with Gasteiger partial charge in [-0.25, -0.2) is 4.79 Å². The molecule has 0 spiro atoms. The number of hydrogen-bond acceptors (Lipinski definition) is 3. The van der Waals surface area contributed by atoms with Crippen LogP contribution in [-0.2, 0) is 16.1 Å². The summed E-state index contributed by atoms with van der Waals surface area (Å²) in [5, 5.41) is 5.16. The first kappa shape index (κ1) is 18.8. The number of carbonyl (C=O) groups is 2. The molecule has 0 unspecified atom stereocenters. The van der Waals surface area contributed by atoms with Crippen LogP contribution in [0.3, 0.4) is 0 Å². The van der Waals surface area contributed by atoms with E-state index in [1.54, 1.807) is 0 Å². The lowest BCUT2D eigenvalue weighted by Crippen LogP contribution is -2.33. The molecule has 25 heavy (non-hydrogen) atoms. The highest BCUT2D eigenvalue weighted by Crippen LogP contribution is 2.24. The number of nitrogens with one attached hydrogen (secondary N) is 1. The van der Waals surface area contributed by atoms with Crippen molar-refractivity contribution in [3.8, 4) is 0 Å². The minimum Gasteiger partial charge on any atom is -0.446 e. The fraction of sp³-hybridized carbons (Fsp3) is 0.400. The maximum Gasteiger partial charge on any atom is 0.404 e. The van der Waals surface area contributed by atoms with Gasteiger partial charge in [0.2, 0.25) is 5.91 Å². The normalized spacial score (nSPS) is 12.6. The molecule has 2 aromatic rings. The molecule has 0 aliphatic rings. The third-order valence-electron chi connectivity index (χ3n) is 3.89. The van der Waals surface area contributed by atoms with E-state index in [9.17, 15) is 9.59 Å². The van der Waals surface area contributed by atoms with Gasteiger partial charge >= 0.3 is 6.09 Å². The number of amides is 2. The van der Waals surface area contributed by atoms with Crippen LogP contribution in [0.1, 0.15) is 39.2 Å². The highest BCUT2D eigenvalue weighted by molar-refractivity contribution is 5.86. The summed E-state index contributed by atoms with van der Waals surface area (Å²) in [5.74, 6) is -0.163. The quantitative estimate of drug-likeness (QED) is 0.839. The maximum atomic E-state index is 12.3. The minimum atomic E-state index is -0.851. The molecule has 0 aromatic heterocycles. The van der Waals surface area contributed by atoms with Crippen molar-refractivity contribution in [3.63, 3.8) is 0 Å². The number of hydrogen-bond donors (Lipinski definition) is 2. The van der Waals surface area contributed by atoms with E-state index in [4.69, 9.17) is 10.5 Å². The summed E-state index contributed by atoms with van der Waals surface area (Å²) in [7, 11) is 0. The van der Waals surface area contributed by atoms with Gasteiger partial charge < -0.3 is 15.8 Å². The summed E-state index contributed by atoms with van der Waals surface area (Å²) in [5.41, 5.74) is 6.10. The molecule has 0 aliphatic heterocycles. The van der Waals surface area contributed by atoms with Crippen molar-refractivity contribution in [2.24, 2.45) is 11.1 Å². The van der Waals surface area contributed by atoms with Crippen molar-refractivity contribution < 1.29 is 14.3 Å². The van der Waals surface area contributed by atoms with E-state index in [0.29, 0.717) is 13.0 Å². The number of primary amides is 1. The molecule has 3 N–H and O–H groups in total. The van der Waals surface area contributed by atoms with Crippen molar-refractivity contribution >= 4 is 22.8 Å². The summed E-state index contributed by atoms with van der Waals surface area (Å²) in [6.45, 7) is 6.51. The number of nitrogens with two attached hydrogens (primary N) is 1. The highest BCUT2D eigenvalue weighted by atomic mass is 16.6. The third-order valence-corrected chi connectivity index (χ3v) is 3.89. The second kappa shape index (κ2) is 8.01. The Morgan fingerprint density at radius 1 is 1.12 bits per heavy atom. The van der Waals surface area contributed by atoms with Gasteiger partial charge in [0, 0.05) is 6.54 Å². The lowest BCUT2D eigenvalue weighted by atomic mass is 9.88. The van der Waals surface area contributed by atoms with Gasteiger partial charge in [-0.15, -0.1) is 0 Å². The molecule has 2 amide bonds. The standard InChI is InChI=1S/C20H26N2O3/c1-20(2,3)12-16(25-19(21)24)11-18(23)22-13-15-9-6-8-14-7-4-5-10-17(14)15/h4-10,16H,11-13H2,1-3H3,(H2,21,24)(H,22,23)/t16-/m1/s1. The molecular formula is C20H26N2O3. The smallest absolute Gasteiger partial charge is 0.404 e. The lowest BCUT2D eigenvalue weighted by Gasteiger charge is -2.25. The van der Waals surface area contributed by atoms with Crippen LogP contribution in [0, 0.1) is 5.41 Å². The van der Waals surface area contributed by atoms with Crippen LogP contribution in [0.15, 0.2) is 42.5 Å². The largest absolute Gasteiger partial charge is 0.446 e. The lowest BCUT2D eigenvalue weighted by molar-refractivity contribution is -0.123. The first-order valence-electron chi connectivity index (χ1n) is 8.44. The molecule has 0 aliphatic carbocycles. The van der Waals surface area contributed by atoms with E-state index in [1.165, 1.54) is 0 Å². The van der Waals surface area contributed by atoms with Gasteiger partial charge in [0.15, 0.2) is 0 Å². The molecule has 0 fully saturated rings. The van der Waals surface area contributed by atoms with Crippen molar-refractivity contribution in [2.75, 3.05) is 0 Å². The van der Waals surface area contributed by atoms with E-state index in [2.05, 4.69) is 5.32 Å². The molecule has 2 rings (SSSR count). The van der Waals surface area contributed by atoms with Gasteiger partial charge in [-0.05, 0) is 28.2 Å². The first-order chi connectivity index (χ1) is 11.7. The fourth-order valence-electron chi connectivity index (χ4n) is 2.92. The zero-order valence-corrected chi connectivity index (χ0v) is 15.0. The Kier molecular flexibility index (Phi) is 6.02. The molecule has 0 bridgehead atoms.